The lowest BCUT2D eigenvalue weighted by atomic mass is 10.0. The lowest BCUT2D eigenvalue weighted by molar-refractivity contribution is -0.138. The summed E-state index contributed by atoms with van der Waals surface area (Å²) in [6.07, 6.45) is 0.118. The van der Waals surface area contributed by atoms with Gasteiger partial charge in [-0.3, -0.25) is 14.4 Å². The lowest BCUT2D eigenvalue weighted by Gasteiger charge is -2.28. The van der Waals surface area contributed by atoms with Gasteiger partial charge in [0.1, 0.15) is 23.6 Å². The van der Waals surface area contributed by atoms with Gasteiger partial charge in [-0.05, 0) is 28.8 Å². The Hall–Kier alpha value is -3.81. The molecule has 0 atom stereocenters. The highest BCUT2D eigenvalue weighted by Gasteiger charge is 2.32. The Labute approximate surface area is 166 Å². The van der Waals surface area contributed by atoms with Crippen molar-refractivity contribution in [2.45, 2.75) is 13.0 Å². The van der Waals surface area contributed by atoms with Crippen LogP contribution in [0.3, 0.4) is 0 Å². The van der Waals surface area contributed by atoms with E-state index in [4.69, 9.17) is 5.11 Å². The normalized spacial score (nSPS) is 14.1. The Bertz CT molecular complexity index is 964. The molecule has 29 heavy (non-hydrogen) atoms. The van der Waals surface area contributed by atoms with Crippen LogP contribution in [0.2, 0.25) is 0 Å². The molecule has 0 bridgehead atoms. The third-order valence-electron chi connectivity index (χ3n) is 4.56. The van der Waals surface area contributed by atoms with Gasteiger partial charge < -0.3 is 25.5 Å². The number of phenolic OH excluding ortho intramolecular Hbond substituents is 1. The smallest absolute Gasteiger partial charge is 0.322 e. The number of carboxylic acids is 1. The number of rotatable bonds is 6. The molecule has 0 radical (unpaired) electrons. The maximum atomic E-state index is 12.6. The van der Waals surface area contributed by atoms with E-state index in [1.807, 2.05) is 24.3 Å². The first-order valence-corrected chi connectivity index (χ1v) is 8.95. The van der Waals surface area contributed by atoms with Crippen LogP contribution in [0.4, 0.5) is 0 Å². The van der Waals surface area contributed by atoms with Gasteiger partial charge in [0.25, 0.3) is 11.8 Å². The first-order valence-electron chi connectivity index (χ1n) is 8.95. The van der Waals surface area contributed by atoms with Crippen molar-refractivity contribution in [1.82, 2.24) is 10.2 Å². The number of aromatic hydroxyl groups is 1. The molecular weight excluding hydrogens is 376 g/mol. The van der Waals surface area contributed by atoms with E-state index in [9.17, 15) is 24.6 Å². The highest BCUT2D eigenvalue weighted by Crippen LogP contribution is 2.24. The quantitative estimate of drug-likeness (QED) is 0.552. The van der Waals surface area contributed by atoms with Gasteiger partial charge in [-0.25, -0.2) is 0 Å². The van der Waals surface area contributed by atoms with Gasteiger partial charge in [0.05, 0.1) is 0 Å². The Morgan fingerprint density at radius 2 is 1.55 bits per heavy atom. The summed E-state index contributed by atoms with van der Waals surface area (Å²) in [5.74, 6) is -2.93. The fraction of sp³-hybridized carbons (Fsp3) is 0.190. The van der Waals surface area contributed by atoms with E-state index in [2.05, 4.69) is 5.32 Å². The van der Waals surface area contributed by atoms with Crippen LogP contribution >= 0.6 is 0 Å². The lowest BCUT2D eigenvalue weighted by Crippen LogP contribution is -2.43. The van der Waals surface area contributed by atoms with Gasteiger partial charge in [0, 0.05) is 19.5 Å². The van der Waals surface area contributed by atoms with Crippen molar-refractivity contribution in [2.24, 2.45) is 0 Å². The Morgan fingerprint density at radius 1 is 0.966 bits per heavy atom. The molecule has 0 saturated carbocycles. The monoisotopic (exact) mass is 396 g/mol. The van der Waals surface area contributed by atoms with Gasteiger partial charge in [-0.15, -0.1) is 0 Å². The van der Waals surface area contributed by atoms with E-state index in [1.165, 1.54) is 4.90 Å². The molecule has 0 saturated heterocycles. The molecular formula is C21H20N2O6. The second-order valence-electron chi connectivity index (χ2n) is 6.62. The molecule has 150 valence electrons. The third-order valence-corrected chi connectivity index (χ3v) is 4.56. The standard InChI is InChI=1S/C21H20N2O6/c24-16-7-5-15(6-8-16)14-3-1-13(2-4-14)12-23-10-9-17(25)19(21(23)29)20(28)22-11-18(26)27/h1-8,24-25H,9-12H2,(H,22,28)(H,26,27). The number of hydrogen-bond donors (Lipinski definition) is 4. The molecule has 2 aromatic carbocycles. The van der Waals surface area contributed by atoms with Crippen LogP contribution in [0.5, 0.6) is 5.75 Å². The Morgan fingerprint density at radius 3 is 2.14 bits per heavy atom. The number of phenols is 1. The second kappa shape index (κ2) is 8.47. The number of amides is 2. The molecule has 8 heteroatoms. The van der Waals surface area contributed by atoms with E-state index in [0.29, 0.717) is 0 Å². The number of aliphatic hydroxyl groups excluding tert-OH is 1. The number of carbonyl (C=O) groups excluding carboxylic acids is 2. The molecule has 0 spiro atoms. The summed E-state index contributed by atoms with van der Waals surface area (Å²) in [5, 5.41) is 30.1. The van der Waals surface area contributed by atoms with E-state index >= 15 is 0 Å². The van der Waals surface area contributed by atoms with Crippen LogP contribution in [-0.4, -0.2) is 51.1 Å². The molecule has 8 nitrogen and oxygen atoms in total. The highest BCUT2D eigenvalue weighted by atomic mass is 16.4. The molecule has 4 N–H and O–H groups in total. The zero-order valence-electron chi connectivity index (χ0n) is 15.5. The fourth-order valence-corrected chi connectivity index (χ4v) is 3.05. The zero-order chi connectivity index (χ0) is 21.0. The predicted octanol–water partition coefficient (Wildman–Crippen LogP) is 1.80. The Balaban J connectivity index is 1.70. The number of benzene rings is 2. The summed E-state index contributed by atoms with van der Waals surface area (Å²) in [6, 6.07) is 14.3. The van der Waals surface area contributed by atoms with Crippen molar-refractivity contribution >= 4 is 17.8 Å². The minimum absolute atomic E-state index is 0.118. The van der Waals surface area contributed by atoms with Gasteiger partial charge in [0.2, 0.25) is 0 Å². The van der Waals surface area contributed by atoms with Crippen LogP contribution in [0, 0.1) is 0 Å². The molecule has 1 heterocycles. The average molecular weight is 396 g/mol. The van der Waals surface area contributed by atoms with E-state index in [1.54, 1.807) is 24.3 Å². The van der Waals surface area contributed by atoms with Crippen molar-refractivity contribution in [3.63, 3.8) is 0 Å². The van der Waals surface area contributed by atoms with Crippen LogP contribution < -0.4 is 5.32 Å². The fourth-order valence-electron chi connectivity index (χ4n) is 3.05. The van der Waals surface area contributed by atoms with Gasteiger partial charge in [-0.1, -0.05) is 36.4 Å². The van der Waals surface area contributed by atoms with E-state index in [0.717, 1.165) is 16.7 Å². The summed E-state index contributed by atoms with van der Waals surface area (Å²) in [7, 11) is 0. The average Bonchev–Trinajstić information content (AvgIpc) is 2.70. The van der Waals surface area contributed by atoms with Crippen molar-refractivity contribution in [2.75, 3.05) is 13.1 Å². The summed E-state index contributed by atoms with van der Waals surface area (Å²) in [6.45, 7) is -0.139. The summed E-state index contributed by atoms with van der Waals surface area (Å²) in [4.78, 5) is 36.7. The largest absolute Gasteiger partial charge is 0.511 e. The highest BCUT2D eigenvalue weighted by molar-refractivity contribution is 6.19. The van der Waals surface area contributed by atoms with Crippen molar-refractivity contribution in [1.29, 1.82) is 0 Å². The molecule has 3 rings (SSSR count). The Kier molecular flexibility index (Phi) is 5.82. The number of nitrogens with zero attached hydrogens (tertiary/aromatic N) is 1. The van der Waals surface area contributed by atoms with E-state index < -0.39 is 29.9 Å². The number of aliphatic carboxylic acids is 1. The van der Waals surface area contributed by atoms with Crippen LogP contribution in [0.25, 0.3) is 11.1 Å². The molecule has 2 aromatic rings. The van der Waals surface area contributed by atoms with Gasteiger partial charge in [-0.2, -0.15) is 0 Å². The first-order chi connectivity index (χ1) is 13.8. The predicted molar refractivity (Wildman–Crippen MR) is 104 cm³/mol. The molecule has 1 aliphatic rings. The number of nitrogens with one attached hydrogen (secondary N) is 1. The molecule has 0 aliphatic carbocycles. The molecule has 0 unspecified atom stereocenters. The van der Waals surface area contributed by atoms with Crippen LogP contribution in [-0.2, 0) is 20.9 Å². The maximum Gasteiger partial charge on any atom is 0.322 e. The topological polar surface area (TPSA) is 127 Å². The van der Waals surface area contributed by atoms with Crippen molar-refractivity contribution in [3.8, 4) is 16.9 Å². The number of hydrogen-bond acceptors (Lipinski definition) is 5. The van der Waals surface area contributed by atoms with Crippen LogP contribution in [0.1, 0.15) is 12.0 Å². The molecule has 0 aromatic heterocycles. The second-order valence-corrected chi connectivity index (χ2v) is 6.62. The van der Waals surface area contributed by atoms with Crippen LogP contribution in [0.15, 0.2) is 59.9 Å². The van der Waals surface area contributed by atoms with Crippen molar-refractivity contribution < 1.29 is 29.7 Å². The number of carboxylic acid groups (broad SMARTS) is 1. The van der Waals surface area contributed by atoms with Crippen molar-refractivity contribution in [3.05, 3.63) is 65.4 Å². The number of carbonyl (C=O) groups is 3. The molecule has 0 fully saturated rings. The molecule has 2 amide bonds. The minimum atomic E-state index is -1.24. The first kappa shape index (κ1) is 19.9. The summed E-state index contributed by atoms with van der Waals surface area (Å²) in [5.41, 5.74) is 2.31. The number of aliphatic hydroxyl groups is 1. The maximum absolute atomic E-state index is 12.6. The zero-order valence-corrected chi connectivity index (χ0v) is 15.5. The minimum Gasteiger partial charge on any atom is -0.511 e. The molecule has 1 aliphatic heterocycles. The SMILES string of the molecule is O=C(O)CNC(=O)C1=C(O)CCN(Cc2ccc(-c3ccc(O)cc3)cc2)C1=O. The summed E-state index contributed by atoms with van der Waals surface area (Å²) >= 11 is 0. The third kappa shape index (κ3) is 4.73. The van der Waals surface area contributed by atoms with Gasteiger partial charge >= 0.3 is 5.97 Å². The summed E-state index contributed by atoms with van der Waals surface area (Å²) < 4.78 is 0. The van der Waals surface area contributed by atoms with Gasteiger partial charge in [0.15, 0.2) is 0 Å². The van der Waals surface area contributed by atoms with E-state index in [-0.39, 0.29) is 31.0 Å².